The van der Waals surface area contributed by atoms with E-state index >= 15 is 0 Å². The molecule has 2 heterocycles. The summed E-state index contributed by atoms with van der Waals surface area (Å²) in [4.78, 5) is 30.6. The molecule has 0 spiro atoms. The van der Waals surface area contributed by atoms with E-state index in [0.29, 0.717) is 29.5 Å². The van der Waals surface area contributed by atoms with Gasteiger partial charge < -0.3 is 4.74 Å². The van der Waals surface area contributed by atoms with E-state index in [1.165, 1.54) is 4.57 Å². The summed E-state index contributed by atoms with van der Waals surface area (Å²) in [5, 5.41) is 14.2. The minimum Gasteiger partial charge on any atom is -0.462 e. The molecule has 4 rings (SSSR count). The van der Waals surface area contributed by atoms with Gasteiger partial charge in [0.2, 0.25) is 0 Å². The Hall–Kier alpha value is -4.14. The van der Waals surface area contributed by atoms with Gasteiger partial charge in [-0.25, -0.2) is 14.9 Å². The third-order valence-corrected chi connectivity index (χ3v) is 5.53. The van der Waals surface area contributed by atoms with Crippen LogP contribution >= 0.6 is 0 Å². The van der Waals surface area contributed by atoms with Gasteiger partial charge >= 0.3 is 5.97 Å². The van der Waals surface area contributed by atoms with Crippen molar-refractivity contribution >= 4 is 5.97 Å². The van der Waals surface area contributed by atoms with E-state index in [2.05, 4.69) is 32.5 Å². The first-order chi connectivity index (χ1) is 16.5. The number of aryl methyl sites for hydroxylation is 2. The van der Waals surface area contributed by atoms with E-state index in [4.69, 9.17) is 4.74 Å². The maximum absolute atomic E-state index is 13.5. The zero-order valence-electron chi connectivity index (χ0n) is 19.4. The maximum Gasteiger partial charge on any atom is 0.345 e. The molecule has 0 saturated carbocycles. The van der Waals surface area contributed by atoms with Gasteiger partial charge in [-0.2, -0.15) is 0 Å². The summed E-state index contributed by atoms with van der Waals surface area (Å²) >= 11 is 0. The third kappa shape index (κ3) is 4.50. The molecular weight excluding hydrogens is 432 g/mol. The number of hydrogen-bond acceptors (Lipinski definition) is 7. The van der Waals surface area contributed by atoms with Crippen LogP contribution in [0.3, 0.4) is 0 Å². The Kier molecular flexibility index (Phi) is 6.91. The lowest BCUT2D eigenvalue weighted by Gasteiger charge is -2.16. The predicted octanol–water partition coefficient (Wildman–Crippen LogP) is 3.91. The SMILES string of the molecule is CCCCc1nc(C)c(C(=O)OCC)c(=O)n1-c1ccc(-c2ccccc2-c2nnn[nH]2)cc1. The van der Waals surface area contributed by atoms with E-state index < -0.39 is 11.5 Å². The van der Waals surface area contributed by atoms with E-state index in [1.807, 2.05) is 48.5 Å². The van der Waals surface area contributed by atoms with Crippen molar-refractivity contribution in [1.82, 2.24) is 30.2 Å². The summed E-state index contributed by atoms with van der Waals surface area (Å²) in [6, 6.07) is 15.4. The Morgan fingerprint density at radius 3 is 2.44 bits per heavy atom. The standard InChI is InChI=1S/C25H26N6O3/c1-4-6-11-21-26-16(3)22(25(33)34-5-2)24(32)31(21)18-14-12-17(13-15-18)19-9-7-8-10-20(19)23-27-29-30-28-23/h7-10,12-15H,4-6,11H2,1-3H3,(H,27,28,29,30). The number of benzene rings is 2. The minimum absolute atomic E-state index is 0.0330. The molecule has 0 atom stereocenters. The van der Waals surface area contributed by atoms with Crippen molar-refractivity contribution in [2.45, 2.75) is 40.0 Å². The fourth-order valence-corrected chi connectivity index (χ4v) is 3.90. The van der Waals surface area contributed by atoms with Gasteiger partial charge in [-0.1, -0.05) is 49.7 Å². The molecule has 4 aromatic rings. The van der Waals surface area contributed by atoms with Gasteiger partial charge in [-0.05, 0) is 54.0 Å². The van der Waals surface area contributed by atoms with E-state index in [9.17, 15) is 9.59 Å². The van der Waals surface area contributed by atoms with Crippen LogP contribution in [0.25, 0.3) is 28.2 Å². The lowest BCUT2D eigenvalue weighted by molar-refractivity contribution is 0.0522. The Balaban J connectivity index is 1.81. The normalized spacial score (nSPS) is 10.9. The zero-order valence-corrected chi connectivity index (χ0v) is 19.4. The highest BCUT2D eigenvalue weighted by Gasteiger charge is 2.22. The largest absolute Gasteiger partial charge is 0.462 e. The monoisotopic (exact) mass is 458 g/mol. The van der Waals surface area contributed by atoms with Crippen LogP contribution in [0.1, 0.15) is 48.6 Å². The summed E-state index contributed by atoms with van der Waals surface area (Å²) in [6.07, 6.45) is 2.46. The molecule has 0 fully saturated rings. The molecule has 0 aliphatic carbocycles. The van der Waals surface area contributed by atoms with Crippen molar-refractivity contribution in [2.24, 2.45) is 0 Å². The van der Waals surface area contributed by atoms with E-state index in [1.54, 1.807) is 13.8 Å². The zero-order chi connectivity index (χ0) is 24.1. The minimum atomic E-state index is -0.653. The number of carbonyl (C=O) groups is 1. The Morgan fingerprint density at radius 1 is 1.06 bits per heavy atom. The van der Waals surface area contributed by atoms with Crippen molar-refractivity contribution in [3.63, 3.8) is 0 Å². The highest BCUT2D eigenvalue weighted by molar-refractivity contribution is 5.90. The fraction of sp³-hybridized carbons (Fsp3) is 0.280. The number of ether oxygens (including phenoxy) is 1. The first-order valence-electron chi connectivity index (χ1n) is 11.3. The van der Waals surface area contributed by atoms with Gasteiger partial charge in [-0.15, -0.1) is 5.10 Å². The number of aromatic nitrogens is 6. The van der Waals surface area contributed by atoms with Crippen molar-refractivity contribution in [3.8, 4) is 28.2 Å². The Bertz CT molecular complexity index is 1340. The van der Waals surface area contributed by atoms with E-state index in [0.717, 1.165) is 29.5 Å². The van der Waals surface area contributed by atoms with Crippen LogP contribution in [0, 0.1) is 6.92 Å². The Labute approximate surface area is 196 Å². The topological polar surface area (TPSA) is 116 Å². The predicted molar refractivity (Wildman–Crippen MR) is 128 cm³/mol. The number of hydrogen-bond donors (Lipinski definition) is 1. The second kappa shape index (κ2) is 10.2. The van der Waals surface area contributed by atoms with Gasteiger partial charge in [0.15, 0.2) is 5.82 Å². The van der Waals surface area contributed by atoms with Gasteiger partial charge in [0.05, 0.1) is 18.0 Å². The van der Waals surface area contributed by atoms with Crippen LogP contribution in [-0.4, -0.2) is 42.8 Å². The van der Waals surface area contributed by atoms with Crippen molar-refractivity contribution < 1.29 is 9.53 Å². The molecule has 0 bridgehead atoms. The highest BCUT2D eigenvalue weighted by atomic mass is 16.5. The summed E-state index contributed by atoms with van der Waals surface area (Å²) < 4.78 is 6.63. The van der Waals surface area contributed by atoms with Crippen LogP contribution < -0.4 is 5.56 Å². The van der Waals surface area contributed by atoms with Crippen LogP contribution in [0.2, 0.25) is 0 Å². The summed E-state index contributed by atoms with van der Waals surface area (Å²) in [6.45, 7) is 5.65. The molecule has 9 nitrogen and oxygen atoms in total. The number of H-pyrrole nitrogens is 1. The molecule has 34 heavy (non-hydrogen) atoms. The Morgan fingerprint density at radius 2 is 1.79 bits per heavy atom. The van der Waals surface area contributed by atoms with Crippen molar-refractivity contribution in [2.75, 3.05) is 6.61 Å². The number of carbonyl (C=O) groups excluding carboxylic acids is 1. The molecular formula is C25H26N6O3. The second-order valence-electron chi connectivity index (χ2n) is 7.80. The van der Waals surface area contributed by atoms with Gasteiger partial charge in [0, 0.05) is 12.0 Å². The average Bonchev–Trinajstić information content (AvgIpc) is 3.38. The number of rotatable bonds is 8. The molecule has 0 aliphatic heterocycles. The lowest BCUT2D eigenvalue weighted by Crippen LogP contribution is -2.31. The number of tetrazole rings is 1. The number of aromatic amines is 1. The smallest absolute Gasteiger partial charge is 0.345 e. The fourth-order valence-electron chi connectivity index (χ4n) is 3.90. The van der Waals surface area contributed by atoms with Gasteiger partial charge in [0.25, 0.3) is 5.56 Å². The van der Waals surface area contributed by atoms with Gasteiger partial charge in [0.1, 0.15) is 11.4 Å². The lowest BCUT2D eigenvalue weighted by atomic mass is 9.99. The first-order valence-corrected chi connectivity index (χ1v) is 11.3. The quantitative estimate of drug-likeness (QED) is 0.398. The number of nitrogens with zero attached hydrogens (tertiary/aromatic N) is 5. The van der Waals surface area contributed by atoms with Gasteiger partial charge in [-0.3, -0.25) is 9.36 Å². The molecule has 2 aromatic heterocycles. The van der Waals surface area contributed by atoms with E-state index in [-0.39, 0.29) is 12.2 Å². The highest BCUT2D eigenvalue weighted by Crippen LogP contribution is 2.30. The third-order valence-electron chi connectivity index (χ3n) is 5.53. The number of unbranched alkanes of at least 4 members (excludes halogenated alkanes) is 1. The van der Waals surface area contributed by atoms with Crippen LogP contribution in [0.15, 0.2) is 53.3 Å². The molecule has 1 N–H and O–H groups in total. The molecule has 0 unspecified atom stereocenters. The average molecular weight is 459 g/mol. The number of nitrogens with one attached hydrogen (secondary N) is 1. The molecule has 9 heteroatoms. The summed E-state index contributed by atoms with van der Waals surface area (Å²) in [5.74, 6) is 0.539. The second-order valence-corrected chi connectivity index (χ2v) is 7.80. The summed E-state index contributed by atoms with van der Waals surface area (Å²) in [5.41, 5.74) is 3.31. The molecule has 0 aliphatic rings. The first kappa shape index (κ1) is 23.0. The molecule has 0 radical (unpaired) electrons. The molecule has 0 amide bonds. The van der Waals surface area contributed by atoms with Crippen molar-refractivity contribution in [1.29, 1.82) is 0 Å². The molecule has 0 saturated heterocycles. The van der Waals surface area contributed by atoms with Crippen LogP contribution in [0.4, 0.5) is 0 Å². The van der Waals surface area contributed by atoms with Crippen LogP contribution in [0.5, 0.6) is 0 Å². The molecule has 2 aromatic carbocycles. The number of esters is 1. The van der Waals surface area contributed by atoms with Crippen LogP contribution in [-0.2, 0) is 11.2 Å². The van der Waals surface area contributed by atoms with Crippen molar-refractivity contribution in [3.05, 3.63) is 76.0 Å². The summed E-state index contributed by atoms with van der Waals surface area (Å²) in [7, 11) is 0. The maximum atomic E-state index is 13.5. The molecule has 174 valence electrons.